The van der Waals surface area contributed by atoms with Gasteiger partial charge < -0.3 is 23.7 Å². The molecule has 23 heavy (non-hydrogen) atoms. The Morgan fingerprint density at radius 3 is 2.35 bits per heavy atom. The molecule has 1 heterocycles. The topological polar surface area (TPSA) is 80.3 Å². The number of hydrogen-bond donors (Lipinski definition) is 0. The number of rotatable bonds is 4. The third kappa shape index (κ3) is 2.11. The van der Waals surface area contributed by atoms with Crippen LogP contribution in [0.25, 0.3) is 0 Å². The molecular formula is C16H22O7. The second-order valence-corrected chi connectivity index (χ2v) is 6.32. The molecular weight excluding hydrogens is 304 g/mol. The van der Waals surface area contributed by atoms with Crippen molar-refractivity contribution < 1.29 is 33.3 Å². The summed E-state index contributed by atoms with van der Waals surface area (Å²) in [6, 6.07) is 0. The minimum absolute atomic E-state index is 0.270. The molecule has 0 N–H and O–H groups in total. The first-order chi connectivity index (χ1) is 10.9. The molecule has 7 heteroatoms. The van der Waals surface area contributed by atoms with E-state index in [-0.39, 0.29) is 5.78 Å². The highest BCUT2D eigenvalue weighted by atomic mass is 16.7. The smallest absolute Gasteiger partial charge is 0.312 e. The molecule has 2 bridgehead atoms. The van der Waals surface area contributed by atoms with Gasteiger partial charge in [0.1, 0.15) is 0 Å². The second kappa shape index (κ2) is 5.66. The van der Waals surface area contributed by atoms with Crippen molar-refractivity contribution in [1.29, 1.82) is 0 Å². The molecule has 4 aliphatic rings. The molecule has 1 aliphatic heterocycles. The molecule has 0 aromatic heterocycles. The molecule has 0 unspecified atom stereocenters. The van der Waals surface area contributed by atoms with Gasteiger partial charge in [0.15, 0.2) is 6.29 Å². The molecule has 0 amide bonds. The summed E-state index contributed by atoms with van der Waals surface area (Å²) in [5.41, 5.74) is -0.142. The predicted octanol–water partition coefficient (Wildman–Crippen LogP) is 0.673. The van der Waals surface area contributed by atoms with Crippen LogP contribution in [0.5, 0.6) is 0 Å². The van der Waals surface area contributed by atoms with Crippen LogP contribution in [0.15, 0.2) is 11.6 Å². The number of carbonyl (C=O) groups excluding carboxylic acids is 2. The van der Waals surface area contributed by atoms with Crippen LogP contribution < -0.4 is 0 Å². The summed E-state index contributed by atoms with van der Waals surface area (Å²) in [5.74, 6) is -3.28. The Morgan fingerprint density at radius 2 is 1.83 bits per heavy atom. The van der Waals surface area contributed by atoms with Gasteiger partial charge in [0.25, 0.3) is 0 Å². The van der Waals surface area contributed by atoms with Crippen LogP contribution in [0.2, 0.25) is 0 Å². The van der Waals surface area contributed by atoms with Gasteiger partial charge in [-0.1, -0.05) is 6.08 Å². The summed E-state index contributed by atoms with van der Waals surface area (Å²) < 4.78 is 27.1. The number of ketones is 1. The normalized spacial score (nSPS) is 36.2. The highest BCUT2D eigenvalue weighted by Gasteiger charge is 2.67. The Bertz CT molecular complexity index is 545. The maximum absolute atomic E-state index is 13.0. The monoisotopic (exact) mass is 326 g/mol. The lowest BCUT2D eigenvalue weighted by Gasteiger charge is -2.54. The Kier molecular flexibility index (Phi) is 4.08. The van der Waals surface area contributed by atoms with Gasteiger partial charge in [0.05, 0.1) is 31.7 Å². The van der Waals surface area contributed by atoms with Crippen LogP contribution in [0.4, 0.5) is 0 Å². The fourth-order valence-electron chi connectivity index (χ4n) is 4.07. The van der Waals surface area contributed by atoms with Crippen molar-refractivity contribution in [2.24, 2.45) is 17.3 Å². The summed E-state index contributed by atoms with van der Waals surface area (Å²) in [6.45, 7) is 2.73. The van der Waals surface area contributed by atoms with Gasteiger partial charge in [0.2, 0.25) is 11.6 Å². The Balaban J connectivity index is 2.08. The zero-order chi connectivity index (χ0) is 16.8. The van der Waals surface area contributed by atoms with Gasteiger partial charge in [-0.05, 0) is 18.9 Å². The van der Waals surface area contributed by atoms with E-state index in [2.05, 4.69) is 0 Å². The molecule has 2 fully saturated rings. The molecule has 7 nitrogen and oxygen atoms in total. The minimum Gasteiger partial charge on any atom is -0.469 e. The number of fused-ring (bicyclic) bond motifs is 2. The minimum atomic E-state index is -1.42. The average molecular weight is 326 g/mol. The molecule has 4 rings (SSSR count). The van der Waals surface area contributed by atoms with Gasteiger partial charge in [0, 0.05) is 20.1 Å². The van der Waals surface area contributed by atoms with E-state index in [9.17, 15) is 9.59 Å². The van der Waals surface area contributed by atoms with Crippen molar-refractivity contribution in [3.63, 3.8) is 0 Å². The van der Waals surface area contributed by atoms with Crippen LogP contribution in [-0.4, -0.2) is 58.4 Å². The third-order valence-electron chi connectivity index (χ3n) is 5.31. The molecule has 3 aliphatic carbocycles. The maximum Gasteiger partial charge on any atom is 0.312 e. The van der Waals surface area contributed by atoms with Crippen LogP contribution in [-0.2, 0) is 33.3 Å². The number of carbonyl (C=O) groups is 2. The molecule has 0 spiro atoms. The lowest BCUT2D eigenvalue weighted by atomic mass is 9.54. The molecule has 1 saturated carbocycles. The fourth-order valence-corrected chi connectivity index (χ4v) is 4.07. The fraction of sp³-hybridized carbons (Fsp3) is 0.750. The SMILES string of the molecule is COC(=O)[C@@]1(C)C[C@H]2C(C3OCCO3)=C[C@@H]1C(=O)C2(OC)OC. The van der Waals surface area contributed by atoms with E-state index in [1.807, 2.05) is 0 Å². The highest BCUT2D eigenvalue weighted by molar-refractivity contribution is 5.98. The molecule has 128 valence electrons. The maximum atomic E-state index is 13.0. The predicted molar refractivity (Wildman–Crippen MR) is 77.3 cm³/mol. The van der Waals surface area contributed by atoms with Gasteiger partial charge in [-0.25, -0.2) is 0 Å². The first-order valence-corrected chi connectivity index (χ1v) is 7.62. The number of methoxy groups -OCH3 is 3. The molecule has 0 aromatic carbocycles. The molecule has 0 aromatic rings. The van der Waals surface area contributed by atoms with Gasteiger partial charge in [-0.3, -0.25) is 9.59 Å². The highest BCUT2D eigenvalue weighted by Crippen LogP contribution is 2.56. The summed E-state index contributed by atoms with van der Waals surface area (Å²) in [6.07, 6.45) is 1.62. The van der Waals surface area contributed by atoms with E-state index >= 15 is 0 Å². The van der Waals surface area contributed by atoms with Crippen LogP contribution in [0.3, 0.4) is 0 Å². The quantitative estimate of drug-likeness (QED) is 0.427. The van der Waals surface area contributed by atoms with Crippen molar-refractivity contribution in [2.75, 3.05) is 34.5 Å². The van der Waals surface area contributed by atoms with Gasteiger partial charge >= 0.3 is 5.97 Å². The van der Waals surface area contributed by atoms with Crippen molar-refractivity contribution in [3.8, 4) is 0 Å². The summed E-state index contributed by atoms with van der Waals surface area (Å²) in [7, 11) is 4.20. The van der Waals surface area contributed by atoms with Crippen molar-refractivity contribution >= 4 is 11.8 Å². The van der Waals surface area contributed by atoms with Crippen LogP contribution in [0.1, 0.15) is 13.3 Å². The summed E-state index contributed by atoms with van der Waals surface area (Å²) >= 11 is 0. The summed E-state index contributed by atoms with van der Waals surface area (Å²) in [4.78, 5) is 25.3. The average Bonchev–Trinajstić information content (AvgIpc) is 3.09. The van der Waals surface area contributed by atoms with Crippen molar-refractivity contribution in [3.05, 3.63) is 11.6 Å². The van der Waals surface area contributed by atoms with E-state index in [4.69, 9.17) is 23.7 Å². The van der Waals surface area contributed by atoms with Crippen LogP contribution in [0, 0.1) is 17.3 Å². The lowest BCUT2D eigenvalue weighted by Crippen LogP contribution is -2.65. The first-order valence-electron chi connectivity index (χ1n) is 7.62. The Hall–Kier alpha value is -1.28. The van der Waals surface area contributed by atoms with E-state index < -0.39 is 35.3 Å². The Morgan fingerprint density at radius 1 is 1.22 bits per heavy atom. The number of ether oxygens (including phenoxy) is 5. The Labute approximate surface area is 134 Å². The zero-order valence-electron chi connectivity index (χ0n) is 13.8. The second-order valence-electron chi connectivity index (χ2n) is 6.32. The number of hydrogen-bond acceptors (Lipinski definition) is 7. The third-order valence-corrected chi connectivity index (χ3v) is 5.31. The number of Topliss-reactive ketones (excluding diaryl/α,β-unsaturated/α-hetero) is 1. The van der Waals surface area contributed by atoms with E-state index in [1.54, 1.807) is 13.0 Å². The van der Waals surface area contributed by atoms with Crippen molar-refractivity contribution in [1.82, 2.24) is 0 Å². The number of esters is 1. The number of allylic oxidation sites excluding steroid dienone is 1. The first kappa shape index (κ1) is 16.6. The molecule has 1 saturated heterocycles. The molecule has 3 atom stereocenters. The largest absolute Gasteiger partial charge is 0.469 e. The van der Waals surface area contributed by atoms with E-state index in [1.165, 1.54) is 21.3 Å². The van der Waals surface area contributed by atoms with Crippen molar-refractivity contribution in [2.45, 2.75) is 25.4 Å². The van der Waals surface area contributed by atoms with E-state index in [0.717, 1.165) is 5.57 Å². The van der Waals surface area contributed by atoms with Gasteiger partial charge in [-0.15, -0.1) is 0 Å². The standard InChI is InChI=1S/C16H22O7/c1-15(14(18)19-2)8-11-9(13-22-5-6-23-13)7-10(15)12(17)16(11,20-3)21-4/h7,10-11,13H,5-6,8H2,1-4H3/t10-,11+,15+/m1/s1. The molecule has 0 radical (unpaired) electrons. The van der Waals surface area contributed by atoms with Gasteiger partial charge in [-0.2, -0.15) is 0 Å². The lowest BCUT2D eigenvalue weighted by molar-refractivity contribution is -0.252. The summed E-state index contributed by atoms with van der Waals surface area (Å²) in [5, 5.41) is 0. The van der Waals surface area contributed by atoms with Crippen LogP contribution >= 0.6 is 0 Å². The van der Waals surface area contributed by atoms with E-state index in [0.29, 0.717) is 19.6 Å². The zero-order valence-corrected chi connectivity index (χ0v) is 13.8.